The topological polar surface area (TPSA) is 39.3 Å². The molecule has 1 heterocycles. The van der Waals surface area contributed by atoms with Crippen LogP contribution < -0.4 is 9.78 Å². The zero-order valence-electron chi connectivity index (χ0n) is 9.71. The average molecular weight is 226 g/mol. The minimum atomic E-state index is -0.233. The van der Waals surface area contributed by atoms with Crippen LogP contribution in [0.5, 0.6) is 0 Å². The molecule has 0 amide bonds. The van der Waals surface area contributed by atoms with Gasteiger partial charge in [0.1, 0.15) is 0 Å². The van der Waals surface area contributed by atoms with Crippen LogP contribution in [0.3, 0.4) is 0 Å². The molecule has 0 fully saturated rings. The van der Waals surface area contributed by atoms with Gasteiger partial charge in [-0.25, -0.2) is 0 Å². The third kappa shape index (κ3) is 2.91. The van der Waals surface area contributed by atoms with Gasteiger partial charge < -0.3 is 5.11 Å². The van der Waals surface area contributed by atoms with Crippen molar-refractivity contribution in [2.45, 2.75) is 13.3 Å². The number of pyridine rings is 1. The first-order chi connectivity index (χ1) is 8.29. The van der Waals surface area contributed by atoms with Crippen LogP contribution in [0.15, 0.2) is 60.0 Å². The zero-order chi connectivity index (χ0) is 12.1. The summed E-state index contributed by atoms with van der Waals surface area (Å²) in [5.74, 6) is -0.233. The molecule has 1 aromatic heterocycles. The fourth-order valence-corrected chi connectivity index (χ4v) is 1.53. The van der Waals surface area contributed by atoms with Crippen LogP contribution in [-0.4, -0.2) is 5.90 Å². The van der Waals surface area contributed by atoms with E-state index in [-0.39, 0.29) is 5.90 Å². The lowest BCUT2D eigenvalue weighted by Gasteiger charge is -2.05. The number of aromatic nitrogens is 1. The molecule has 86 valence electrons. The molecule has 0 N–H and O–H groups in total. The molecule has 3 nitrogen and oxygen atoms in total. The van der Waals surface area contributed by atoms with Crippen LogP contribution >= 0.6 is 0 Å². The molecule has 0 aliphatic heterocycles. The molecule has 3 heteroatoms. The fraction of sp³-hybridized carbons (Fsp3) is 0.143. The van der Waals surface area contributed by atoms with Gasteiger partial charge in [0, 0.05) is 11.6 Å². The second-order valence-corrected chi connectivity index (χ2v) is 3.72. The number of aryl methyl sites for hydroxylation is 1. The van der Waals surface area contributed by atoms with E-state index in [0.29, 0.717) is 5.56 Å². The van der Waals surface area contributed by atoms with E-state index < -0.39 is 0 Å². The first kappa shape index (κ1) is 11.3. The standard InChI is InChI=1S/C14H14N2O/c1-2-12-7-6-10-16(11-12)15-14(17)13-8-4-3-5-9-13/h3-11H,2H2,1H3. The Bertz CT molecular complexity index is 521. The second kappa shape index (κ2) is 5.25. The van der Waals surface area contributed by atoms with Crippen LogP contribution in [-0.2, 0) is 6.42 Å². The maximum atomic E-state index is 11.8. The fourth-order valence-electron chi connectivity index (χ4n) is 1.53. The van der Waals surface area contributed by atoms with E-state index >= 15 is 0 Å². The quantitative estimate of drug-likeness (QED) is 0.439. The Labute approximate surface area is 101 Å². The lowest BCUT2D eigenvalue weighted by atomic mass is 10.2. The number of hydrogen-bond donors (Lipinski definition) is 0. The summed E-state index contributed by atoms with van der Waals surface area (Å²) in [7, 11) is 0. The Morgan fingerprint density at radius 3 is 2.65 bits per heavy atom. The predicted octanol–water partition coefficient (Wildman–Crippen LogP) is 1.11. The Balaban J connectivity index is 2.29. The van der Waals surface area contributed by atoms with Crippen LogP contribution in [0.1, 0.15) is 18.1 Å². The summed E-state index contributed by atoms with van der Waals surface area (Å²) in [4.78, 5) is 0. The molecule has 2 aromatic rings. The van der Waals surface area contributed by atoms with E-state index in [2.05, 4.69) is 12.0 Å². The van der Waals surface area contributed by atoms with E-state index in [9.17, 15) is 5.11 Å². The monoisotopic (exact) mass is 226 g/mol. The molecule has 1 aromatic carbocycles. The van der Waals surface area contributed by atoms with Crippen LogP contribution in [0.4, 0.5) is 0 Å². The molecule has 17 heavy (non-hydrogen) atoms. The van der Waals surface area contributed by atoms with Crippen molar-refractivity contribution >= 4 is 5.90 Å². The zero-order valence-corrected chi connectivity index (χ0v) is 9.71. The van der Waals surface area contributed by atoms with Gasteiger partial charge in [-0.3, -0.25) is 0 Å². The molecule has 0 aliphatic rings. The minimum absolute atomic E-state index is 0.233. The summed E-state index contributed by atoms with van der Waals surface area (Å²) in [5.41, 5.74) is 1.75. The maximum Gasteiger partial charge on any atom is 0.205 e. The number of rotatable bonds is 3. The van der Waals surface area contributed by atoms with E-state index in [1.165, 1.54) is 0 Å². The van der Waals surface area contributed by atoms with E-state index in [1.54, 1.807) is 23.0 Å². The van der Waals surface area contributed by atoms with Crippen molar-refractivity contribution in [3.63, 3.8) is 0 Å². The summed E-state index contributed by atoms with van der Waals surface area (Å²) in [6.45, 7) is 2.07. The molecule has 0 aliphatic carbocycles. The molecule has 0 atom stereocenters. The lowest BCUT2D eigenvalue weighted by molar-refractivity contribution is -0.681. The molecule has 2 rings (SSSR count). The summed E-state index contributed by atoms with van der Waals surface area (Å²) in [5, 5.41) is 15.8. The summed E-state index contributed by atoms with van der Waals surface area (Å²) in [6.07, 6.45) is 4.55. The van der Waals surface area contributed by atoms with Crippen molar-refractivity contribution in [2.24, 2.45) is 5.10 Å². The average Bonchev–Trinajstić information content (AvgIpc) is 2.40. The van der Waals surface area contributed by atoms with Gasteiger partial charge in [0.05, 0.1) is 5.90 Å². The van der Waals surface area contributed by atoms with E-state index in [1.807, 2.05) is 36.5 Å². The third-order valence-corrected chi connectivity index (χ3v) is 2.48. The van der Waals surface area contributed by atoms with Gasteiger partial charge in [-0.05, 0) is 23.2 Å². The van der Waals surface area contributed by atoms with E-state index in [0.717, 1.165) is 12.0 Å². The molecule has 0 saturated carbocycles. The van der Waals surface area contributed by atoms with Gasteiger partial charge in [0.15, 0.2) is 0 Å². The van der Waals surface area contributed by atoms with Gasteiger partial charge in [-0.15, -0.1) is 0 Å². The minimum Gasteiger partial charge on any atom is -0.854 e. The number of nitrogens with zero attached hydrogens (tertiary/aromatic N) is 2. The SMILES string of the molecule is CCc1ccc[n+](/N=C(\[O-])c2ccccc2)c1. The van der Waals surface area contributed by atoms with Gasteiger partial charge >= 0.3 is 0 Å². The maximum absolute atomic E-state index is 11.8. The molecular formula is C14H14N2O. The molecule has 0 spiro atoms. The Morgan fingerprint density at radius 2 is 1.94 bits per heavy atom. The van der Waals surface area contributed by atoms with Gasteiger partial charge in [-0.1, -0.05) is 41.9 Å². The lowest BCUT2D eigenvalue weighted by Crippen LogP contribution is -2.33. The number of benzene rings is 1. The van der Waals surface area contributed by atoms with Crippen LogP contribution in [0.2, 0.25) is 0 Å². The Hall–Kier alpha value is -2.16. The Morgan fingerprint density at radius 1 is 1.18 bits per heavy atom. The predicted molar refractivity (Wildman–Crippen MR) is 64.4 cm³/mol. The first-order valence-electron chi connectivity index (χ1n) is 5.61. The summed E-state index contributed by atoms with van der Waals surface area (Å²) < 4.78 is 1.56. The van der Waals surface area contributed by atoms with E-state index in [4.69, 9.17) is 0 Å². The molecule has 0 unspecified atom stereocenters. The number of hydrogen-bond acceptors (Lipinski definition) is 2. The van der Waals surface area contributed by atoms with Crippen molar-refractivity contribution in [1.29, 1.82) is 0 Å². The normalized spacial score (nSPS) is 11.5. The highest BCUT2D eigenvalue weighted by atomic mass is 16.3. The largest absolute Gasteiger partial charge is 0.854 e. The van der Waals surface area contributed by atoms with Crippen molar-refractivity contribution in [3.8, 4) is 0 Å². The smallest absolute Gasteiger partial charge is 0.205 e. The van der Waals surface area contributed by atoms with Gasteiger partial charge in [0.2, 0.25) is 12.4 Å². The summed E-state index contributed by atoms with van der Waals surface area (Å²) in [6, 6.07) is 13.0. The molecule has 0 saturated heterocycles. The molecular weight excluding hydrogens is 212 g/mol. The van der Waals surface area contributed by atoms with Crippen LogP contribution in [0, 0.1) is 0 Å². The van der Waals surface area contributed by atoms with Crippen molar-refractivity contribution in [3.05, 3.63) is 66.0 Å². The van der Waals surface area contributed by atoms with Gasteiger partial charge in [-0.2, -0.15) is 0 Å². The second-order valence-electron chi connectivity index (χ2n) is 3.72. The highest BCUT2D eigenvalue weighted by Gasteiger charge is 2.00. The van der Waals surface area contributed by atoms with Gasteiger partial charge in [0.25, 0.3) is 0 Å². The van der Waals surface area contributed by atoms with Crippen LogP contribution in [0.25, 0.3) is 0 Å². The third-order valence-electron chi connectivity index (χ3n) is 2.48. The highest BCUT2D eigenvalue weighted by molar-refractivity contribution is 5.89. The highest BCUT2D eigenvalue weighted by Crippen LogP contribution is 1.97. The van der Waals surface area contributed by atoms with Crippen molar-refractivity contribution < 1.29 is 9.78 Å². The Kier molecular flexibility index (Phi) is 3.50. The first-order valence-corrected chi connectivity index (χ1v) is 5.61. The van der Waals surface area contributed by atoms with Crippen molar-refractivity contribution in [1.82, 2.24) is 0 Å². The molecule has 0 radical (unpaired) electrons. The van der Waals surface area contributed by atoms with Crippen molar-refractivity contribution in [2.75, 3.05) is 0 Å². The summed E-state index contributed by atoms with van der Waals surface area (Å²) >= 11 is 0. The molecule has 0 bridgehead atoms.